The van der Waals surface area contributed by atoms with Crippen LogP contribution in [0, 0.1) is 11.3 Å². The molecule has 0 saturated carbocycles. The maximum absolute atomic E-state index is 10.5. The summed E-state index contributed by atoms with van der Waals surface area (Å²) in [6, 6.07) is 0.321. The first-order chi connectivity index (χ1) is 10.7. The molecule has 7 atom stereocenters. The zero-order chi connectivity index (χ0) is 15.1. The van der Waals surface area contributed by atoms with Crippen LogP contribution in [-0.2, 0) is 4.74 Å². The Kier molecular flexibility index (Phi) is 2.65. The molecule has 0 radical (unpaired) electrons. The predicted molar refractivity (Wildman–Crippen MR) is 82.2 cm³/mol. The highest BCUT2D eigenvalue weighted by Crippen LogP contribution is 2.64. The third-order valence-electron chi connectivity index (χ3n) is 6.63. The molecule has 2 fully saturated rings. The quantitative estimate of drug-likeness (QED) is 0.586. The van der Waals surface area contributed by atoms with Crippen molar-refractivity contribution in [3.63, 3.8) is 0 Å². The van der Waals surface area contributed by atoms with Crippen LogP contribution < -0.4 is 5.32 Å². The molecule has 22 heavy (non-hydrogen) atoms. The minimum atomic E-state index is -0.561. The van der Waals surface area contributed by atoms with Crippen LogP contribution in [-0.4, -0.2) is 47.2 Å². The fourth-order valence-corrected chi connectivity index (χ4v) is 5.90. The van der Waals surface area contributed by atoms with E-state index in [2.05, 4.69) is 24.4 Å². The predicted octanol–water partition coefficient (Wildman–Crippen LogP) is 1.06. The van der Waals surface area contributed by atoms with E-state index >= 15 is 0 Å². The highest BCUT2D eigenvalue weighted by molar-refractivity contribution is 5.55. The summed E-state index contributed by atoms with van der Waals surface area (Å²) in [7, 11) is 0. The lowest BCUT2D eigenvalue weighted by Crippen LogP contribution is -2.62. The van der Waals surface area contributed by atoms with Crippen molar-refractivity contribution in [3.8, 4) is 0 Å². The van der Waals surface area contributed by atoms with E-state index in [9.17, 15) is 10.2 Å². The van der Waals surface area contributed by atoms with E-state index < -0.39 is 12.2 Å². The van der Waals surface area contributed by atoms with Crippen LogP contribution in [0.2, 0.25) is 0 Å². The normalized spacial score (nSPS) is 53.9. The zero-order valence-corrected chi connectivity index (χ0v) is 12.8. The van der Waals surface area contributed by atoms with Gasteiger partial charge in [-0.3, -0.25) is 0 Å². The molecule has 5 aliphatic rings. The van der Waals surface area contributed by atoms with Crippen LogP contribution in [0.3, 0.4) is 0 Å². The summed E-state index contributed by atoms with van der Waals surface area (Å²) in [6.07, 6.45) is 7.57. The van der Waals surface area contributed by atoms with E-state index in [4.69, 9.17) is 4.74 Å². The van der Waals surface area contributed by atoms with Crippen LogP contribution in [0.25, 0.3) is 0 Å². The summed E-state index contributed by atoms with van der Waals surface area (Å²) in [4.78, 5) is 0. The fourth-order valence-electron chi connectivity index (χ4n) is 5.90. The second kappa shape index (κ2) is 4.32. The number of hydrogen-bond acceptors (Lipinski definition) is 4. The van der Waals surface area contributed by atoms with Crippen molar-refractivity contribution < 1.29 is 14.9 Å². The molecular formula is C18H23NO3. The van der Waals surface area contributed by atoms with Gasteiger partial charge in [-0.15, -0.1) is 0 Å². The number of rotatable bonds is 0. The molecule has 0 amide bonds. The number of aliphatic hydroxyl groups is 2. The van der Waals surface area contributed by atoms with Crippen LogP contribution >= 0.6 is 0 Å². The monoisotopic (exact) mass is 301 g/mol. The summed E-state index contributed by atoms with van der Waals surface area (Å²) >= 11 is 0. The Labute approximate surface area is 130 Å². The Morgan fingerprint density at radius 1 is 1.36 bits per heavy atom. The third kappa shape index (κ3) is 1.34. The van der Waals surface area contributed by atoms with Crippen molar-refractivity contribution >= 4 is 0 Å². The Hall–Kier alpha value is -0.940. The highest BCUT2D eigenvalue weighted by atomic mass is 16.5. The molecule has 1 spiro atoms. The highest BCUT2D eigenvalue weighted by Gasteiger charge is 2.66. The molecule has 3 N–H and O–H groups in total. The van der Waals surface area contributed by atoms with E-state index in [1.165, 1.54) is 16.7 Å². The molecular weight excluding hydrogens is 278 g/mol. The van der Waals surface area contributed by atoms with Gasteiger partial charge in [-0.1, -0.05) is 18.2 Å². The zero-order valence-electron chi connectivity index (χ0n) is 12.8. The van der Waals surface area contributed by atoms with Gasteiger partial charge in [-0.05, 0) is 49.5 Å². The second-order valence-electron chi connectivity index (χ2n) is 7.34. The van der Waals surface area contributed by atoms with Gasteiger partial charge in [0.05, 0.1) is 18.3 Å². The number of allylic oxidation sites excluding steroid dienone is 1. The lowest BCUT2D eigenvalue weighted by molar-refractivity contribution is -0.0998. The van der Waals surface area contributed by atoms with E-state index in [1.54, 1.807) is 0 Å². The Bertz CT molecular complexity index is 622. The molecule has 0 aromatic heterocycles. The largest absolute Gasteiger partial charge is 0.390 e. The maximum Gasteiger partial charge on any atom is 0.106 e. The summed E-state index contributed by atoms with van der Waals surface area (Å²) in [5.74, 6) is 0.329. The van der Waals surface area contributed by atoms with Gasteiger partial charge < -0.3 is 20.3 Å². The smallest absolute Gasteiger partial charge is 0.106 e. The number of nitrogens with one attached hydrogen (secondary N) is 1. The van der Waals surface area contributed by atoms with Gasteiger partial charge in [-0.2, -0.15) is 0 Å². The maximum atomic E-state index is 10.5. The lowest BCUT2D eigenvalue weighted by Gasteiger charge is -2.56. The molecule has 0 aromatic carbocycles. The van der Waals surface area contributed by atoms with E-state index in [1.807, 2.05) is 6.08 Å². The molecule has 2 saturated heterocycles. The second-order valence-corrected chi connectivity index (χ2v) is 7.34. The average molecular weight is 301 g/mol. The lowest BCUT2D eigenvalue weighted by atomic mass is 9.51. The summed E-state index contributed by atoms with van der Waals surface area (Å²) in [6.45, 7) is 3.05. The van der Waals surface area contributed by atoms with Gasteiger partial charge in [0.15, 0.2) is 0 Å². The first-order valence-electron chi connectivity index (χ1n) is 8.52. The molecule has 2 unspecified atom stereocenters. The molecule has 2 heterocycles. The summed E-state index contributed by atoms with van der Waals surface area (Å²) < 4.78 is 6.28. The van der Waals surface area contributed by atoms with Crippen molar-refractivity contribution in [1.29, 1.82) is 0 Å². The summed E-state index contributed by atoms with van der Waals surface area (Å²) in [5, 5.41) is 24.7. The molecule has 3 aliphatic carbocycles. The van der Waals surface area contributed by atoms with Crippen molar-refractivity contribution in [2.75, 3.05) is 6.54 Å². The first-order valence-corrected chi connectivity index (χ1v) is 8.52. The Morgan fingerprint density at radius 2 is 2.23 bits per heavy atom. The minimum absolute atomic E-state index is 0.113. The third-order valence-corrected chi connectivity index (χ3v) is 6.63. The molecule has 118 valence electrons. The molecule has 2 aliphatic heterocycles. The van der Waals surface area contributed by atoms with E-state index in [0.717, 1.165) is 25.8 Å². The average Bonchev–Trinajstić information content (AvgIpc) is 2.86. The van der Waals surface area contributed by atoms with Gasteiger partial charge in [0.1, 0.15) is 6.10 Å². The number of aliphatic hydroxyl groups excluding tert-OH is 2. The summed E-state index contributed by atoms with van der Waals surface area (Å²) in [5.41, 5.74) is 3.99. The van der Waals surface area contributed by atoms with Crippen molar-refractivity contribution in [2.45, 2.75) is 56.6 Å². The molecule has 4 nitrogen and oxygen atoms in total. The van der Waals surface area contributed by atoms with Gasteiger partial charge in [0.2, 0.25) is 0 Å². The topological polar surface area (TPSA) is 61.7 Å². The Balaban J connectivity index is 1.82. The standard InChI is InChI=1S/C18H23NO3/c1-2-9-10-3-5-12(20)16-14(10)18-7-8-19-15(9)11(18)4-6-13(21)17(18)22-16/h2,4,6,11-13,15-17,19-21H,3,5,7-8H2,1H3/t11-,12?,13-,15-,16?,17-,18-/m0/s1. The van der Waals surface area contributed by atoms with Gasteiger partial charge in [-0.25, -0.2) is 0 Å². The number of ether oxygens (including phenoxy) is 1. The minimum Gasteiger partial charge on any atom is -0.390 e. The number of piperidine rings is 1. The van der Waals surface area contributed by atoms with Gasteiger partial charge in [0, 0.05) is 17.4 Å². The molecule has 0 aromatic rings. The van der Waals surface area contributed by atoms with Crippen molar-refractivity contribution in [3.05, 3.63) is 34.9 Å². The fraction of sp³-hybridized carbons (Fsp3) is 0.667. The Morgan fingerprint density at radius 3 is 3.05 bits per heavy atom. The molecule has 5 rings (SSSR count). The van der Waals surface area contributed by atoms with Gasteiger partial charge >= 0.3 is 0 Å². The number of hydrogen-bond donors (Lipinski definition) is 3. The van der Waals surface area contributed by atoms with E-state index in [-0.39, 0.29) is 17.6 Å². The van der Waals surface area contributed by atoms with Crippen LogP contribution in [0.1, 0.15) is 26.2 Å². The van der Waals surface area contributed by atoms with E-state index in [0.29, 0.717) is 12.0 Å². The molecule has 4 heteroatoms. The van der Waals surface area contributed by atoms with Crippen molar-refractivity contribution in [1.82, 2.24) is 5.32 Å². The SMILES string of the molecule is CC=C1C2=C3C(O[C@H]4[C@@H](O)C=C[C@H]5[C@H]1NCC[C@@]354)C(O)CC2. The molecule has 2 bridgehead atoms. The van der Waals surface area contributed by atoms with Crippen molar-refractivity contribution in [2.24, 2.45) is 11.3 Å². The van der Waals surface area contributed by atoms with Gasteiger partial charge in [0.25, 0.3) is 0 Å². The van der Waals surface area contributed by atoms with Crippen LogP contribution in [0.5, 0.6) is 0 Å². The van der Waals surface area contributed by atoms with Crippen LogP contribution in [0.15, 0.2) is 34.9 Å². The first kappa shape index (κ1) is 13.5. The van der Waals surface area contributed by atoms with Crippen LogP contribution in [0.4, 0.5) is 0 Å².